The number of carbonyl (C=O) groups is 2. The molecule has 0 aliphatic rings. The van der Waals surface area contributed by atoms with Gasteiger partial charge in [0.05, 0.1) is 17.6 Å². The van der Waals surface area contributed by atoms with Gasteiger partial charge in [-0.05, 0) is 24.3 Å². The summed E-state index contributed by atoms with van der Waals surface area (Å²) >= 11 is 0. The van der Waals surface area contributed by atoms with Gasteiger partial charge in [0.15, 0.2) is 0 Å². The van der Waals surface area contributed by atoms with Crippen LogP contribution in [0.15, 0.2) is 42.6 Å². The SMILES string of the molecule is COC(=O)c1ccnc(NC(=O)Oc2ccc([N+](=O)[O-])cc2)c1. The number of benzene rings is 1. The molecule has 0 radical (unpaired) electrons. The van der Waals surface area contributed by atoms with E-state index in [1.807, 2.05) is 0 Å². The summed E-state index contributed by atoms with van der Waals surface area (Å²) in [6.45, 7) is 0. The van der Waals surface area contributed by atoms with Crippen LogP contribution in [0.1, 0.15) is 10.4 Å². The van der Waals surface area contributed by atoms with Crippen molar-refractivity contribution in [1.29, 1.82) is 0 Å². The number of hydrogen-bond acceptors (Lipinski definition) is 7. The second-order valence-corrected chi connectivity index (χ2v) is 4.19. The Morgan fingerprint density at radius 1 is 1.22 bits per heavy atom. The van der Waals surface area contributed by atoms with E-state index in [1.54, 1.807) is 0 Å². The molecule has 118 valence electrons. The number of non-ortho nitro benzene ring substituents is 1. The summed E-state index contributed by atoms with van der Waals surface area (Å²) < 4.78 is 9.51. The summed E-state index contributed by atoms with van der Waals surface area (Å²) in [6.07, 6.45) is 0.474. The third-order valence-electron chi connectivity index (χ3n) is 2.67. The lowest BCUT2D eigenvalue weighted by Crippen LogP contribution is -2.18. The monoisotopic (exact) mass is 317 g/mol. The van der Waals surface area contributed by atoms with Gasteiger partial charge in [-0.2, -0.15) is 0 Å². The van der Waals surface area contributed by atoms with Crippen molar-refractivity contribution in [3.63, 3.8) is 0 Å². The average Bonchev–Trinajstić information content (AvgIpc) is 2.54. The molecule has 2 rings (SSSR count). The van der Waals surface area contributed by atoms with Crippen LogP contribution < -0.4 is 10.1 Å². The number of amides is 1. The predicted molar refractivity (Wildman–Crippen MR) is 78.3 cm³/mol. The second-order valence-electron chi connectivity index (χ2n) is 4.19. The van der Waals surface area contributed by atoms with Gasteiger partial charge in [0.25, 0.3) is 5.69 Å². The molecule has 23 heavy (non-hydrogen) atoms. The molecule has 1 N–H and O–H groups in total. The molecular weight excluding hydrogens is 306 g/mol. The molecule has 9 heteroatoms. The standard InChI is InChI=1S/C14H11N3O6/c1-22-13(18)9-6-7-15-12(8-9)16-14(19)23-11-4-2-10(3-5-11)17(20)21/h2-8H,1H3,(H,15,16,19). The van der Waals surface area contributed by atoms with Crippen LogP contribution in [0.3, 0.4) is 0 Å². The van der Waals surface area contributed by atoms with E-state index in [0.29, 0.717) is 0 Å². The van der Waals surface area contributed by atoms with Crippen LogP contribution in [0.2, 0.25) is 0 Å². The van der Waals surface area contributed by atoms with Crippen LogP contribution in [-0.2, 0) is 4.74 Å². The van der Waals surface area contributed by atoms with Crippen molar-refractivity contribution in [2.24, 2.45) is 0 Å². The summed E-state index contributed by atoms with van der Waals surface area (Å²) in [5.41, 5.74) is 0.0957. The van der Waals surface area contributed by atoms with Gasteiger partial charge in [0, 0.05) is 18.3 Å². The molecular formula is C14H11N3O6. The molecule has 0 saturated carbocycles. The quantitative estimate of drug-likeness (QED) is 0.522. The Balaban J connectivity index is 2.02. The first kappa shape index (κ1) is 15.9. The van der Waals surface area contributed by atoms with E-state index in [-0.39, 0.29) is 22.8 Å². The minimum absolute atomic E-state index is 0.0970. The van der Waals surface area contributed by atoms with Gasteiger partial charge >= 0.3 is 12.1 Å². The highest BCUT2D eigenvalue weighted by molar-refractivity contribution is 5.92. The largest absolute Gasteiger partial charge is 0.465 e. The number of aromatic nitrogens is 1. The minimum atomic E-state index is -0.853. The lowest BCUT2D eigenvalue weighted by atomic mass is 10.2. The molecule has 1 heterocycles. The van der Waals surface area contributed by atoms with Crippen LogP contribution in [0.4, 0.5) is 16.3 Å². The molecule has 2 aromatic rings. The maximum absolute atomic E-state index is 11.7. The van der Waals surface area contributed by atoms with Crippen LogP contribution in [0, 0.1) is 10.1 Å². The number of nitrogens with one attached hydrogen (secondary N) is 1. The Labute approximate surface area is 130 Å². The molecule has 0 atom stereocenters. The number of anilines is 1. The molecule has 9 nitrogen and oxygen atoms in total. The third kappa shape index (κ3) is 4.24. The van der Waals surface area contributed by atoms with Crippen molar-refractivity contribution in [1.82, 2.24) is 4.98 Å². The second kappa shape index (κ2) is 6.98. The number of carbonyl (C=O) groups excluding carboxylic acids is 2. The number of pyridine rings is 1. The van der Waals surface area contributed by atoms with Gasteiger partial charge in [-0.1, -0.05) is 0 Å². The Hall–Kier alpha value is -3.49. The normalized spacial score (nSPS) is 9.78. The van der Waals surface area contributed by atoms with E-state index in [9.17, 15) is 19.7 Å². The van der Waals surface area contributed by atoms with Crippen LogP contribution in [0.25, 0.3) is 0 Å². The summed E-state index contributed by atoms with van der Waals surface area (Å²) in [5.74, 6) is -0.351. The van der Waals surface area contributed by atoms with Gasteiger partial charge in [-0.25, -0.2) is 14.6 Å². The summed E-state index contributed by atoms with van der Waals surface area (Å²) in [5, 5.41) is 12.9. The minimum Gasteiger partial charge on any atom is -0.465 e. The van der Waals surface area contributed by atoms with E-state index in [2.05, 4.69) is 15.0 Å². The first-order valence-electron chi connectivity index (χ1n) is 6.27. The fraction of sp³-hybridized carbons (Fsp3) is 0.0714. The number of methoxy groups -OCH3 is 1. The Bertz CT molecular complexity index is 744. The molecule has 0 aliphatic carbocycles. The highest BCUT2D eigenvalue weighted by Crippen LogP contribution is 2.18. The molecule has 1 amide bonds. The first-order valence-corrected chi connectivity index (χ1v) is 6.27. The molecule has 0 aliphatic heterocycles. The number of rotatable bonds is 4. The number of nitro groups is 1. The molecule has 0 saturated heterocycles. The summed E-state index contributed by atoms with van der Waals surface area (Å²) in [7, 11) is 1.23. The van der Waals surface area contributed by atoms with Gasteiger partial charge in [-0.3, -0.25) is 15.4 Å². The number of nitro benzene ring substituents is 1. The Morgan fingerprint density at radius 2 is 1.91 bits per heavy atom. The Morgan fingerprint density at radius 3 is 2.52 bits per heavy atom. The van der Waals surface area contributed by atoms with E-state index < -0.39 is 17.0 Å². The third-order valence-corrected chi connectivity index (χ3v) is 2.67. The maximum atomic E-state index is 11.7. The molecule has 0 bridgehead atoms. The fourth-order valence-electron chi connectivity index (χ4n) is 1.62. The molecule has 1 aromatic heterocycles. The fourth-order valence-corrected chi connectivity index (χ4v) is 1.62. The van der Waals surface area contributed by atoms with Crippen molar-refractivity contribution < 1.29 is 24.0 Å². The zero-order valence-electron chi connectivity index (χ0n) is 11.9. The van der Waals surface area contributed by atoms with E-state index in [1.165, 1.54) is 49.7 Å². The van der Waals surface area contributed by atoms with Gasteiger partial charge in [-0.15, -0.1) is 0 Å². The zero-order valence-corrected chi connectivity index (χ0v) is 11.9. The van der Waals surface area contributed by atoms with Crippen molar-refractivity contribution in [2.45, 2.75) is 0 Å². The number of ether oxygens (including phenoxy) is 2. The topological polar surface area (TPSA) is 121 Å². The lowest BCUT2D eigenvalue weighted by Gasteiger charge is -2.06. The number of hydrogen-bond donors (Lipinski definition) is 1. The summed E-state index contributed by atoms with van der Waals surface area (Å²) in [4.78, 5) is 36.9. The summed E-state index contributed by atoms with van der Waals surface area (Å²) in [6, 6.07) is 7.74. The average molecular weight is 317 g/mol. The van der Waals surface area contributed by atoms with Crippen molar-refractivity contribution in [2.75, 3.05) is 12.4 Å². The maximum Gasteiger partial charge on any atom is 0.418 e. The van der Waals surface area contributed by atoms with Gasteiger partial charge in [0.2, 0.25) is 0 Å². The smallest absolute Gasteiger partial charge is 0.418 e. The van der Waals surface area contributed by atoms with Crippen LogP contribution in [0.5, 0.6) is 5.75 Å². The van der Waals surface area contributed by atoms with Gasteiger partial charge in [0.1, 0.15) is 11.6 Å². The van der Waals surface area contributed by atoms with E-state index in [4.69, 9.17) is 4.74 Å². The predicted octanol–water partition coefficient (Wildman–Crippen LogP) is 2.39. The lowest BCUT2D eigenvalue weighted by molar-refractivity contribution is -0.384. The number of nitrogens with zero attached hydrogens (tertiary/aromatic N) is 2. The highest BCUT2D eigenvalue weighted by atomic mass is 16.6. The zero-order chi connectivity index (χ0) is 16.8. The molecule has 1 aromatic carbocycles. The Kier molecular flexibility index (Phi) is 4.82. The van der Waals surface area contributed by atoms with E-state index in [0.717, 1.165) is 0 Å². The van der Waals surface area contributed by atoms with E-state index >= 15 is 0 Å². The van der Waals surface area contributed by atoms with Gasteiger partial charge < -0.3 is 9.47 Å². The van der Waals surface area contributed by atoms with Crippen molar-refractivity contribution in [3.05, 3.63) is 58.3 Å². The number of esters is 1. The van der Waals surface area contributed by atoms with Crippen molar-refractivity contribution in [3.8, 4) is 5.75 Å². The molecule has 0 spiro atoms. The van der Waals surface area contributed by atoms with Crippen molar-refractivity contribution >= 4 is 23.6 Å². The first-order chi connectivity index (χ1) is 11.0. The van der Waals surface area contributed by atoms with Crippen LogP contribution >= 0.6 is 0 Å². The molecule has 0 unspecified atom stereocenters. The highest BCUT2D eigenvalue weighted by Gasteiger charge is 2.11. The molecule has 0 fully saturated rings. The van der Waals surface area contributed by atoms with Crippen LogP contribution in [-0.4, -0.2) is 29.1 Å².